The van der Waals surface area contributed by atoms with E-state index in [0.717, 1.165) is 28.3 Å². The molecule has 0 bridgehead atoms. The fourth-order valence-electron chi connectivity index (χ4n) is 1.89. The molecule has 0 saturated carbocycles. The Labute approximate surface area is 101 Å². The second-order valence-electron chi connectivity index (χ2n) is 3.83. The van der Waals surface area contributed by atoms with Crippen molar-refractivity contribution in [3.63, 3.8) is 0 Å². The normalized spacial score (nSPS) is 10.5. The van der Waals surface area contributed by atoms with Gasteiger partial charge in [0.25, 0.3) is 0 Å². The minimum atomic E-state index is 0.437. The van der Waals surface area contributed by atoms with Crippen LogP contribution >= 0.6 is 0 Å². The number of aromatic amines is 1. The predicted octanol–water partition coefficient (Wildman–Crippen LogP) is 2.24. The topological polar surface area (TPSA) is 63.9 Å². The molecule has 4 nitrogen and oxygen atoms in total. The number of rotatable bonds is 4. The van der Waals surface area contributed by atoms with E-state index in [-0.39, 0.29) is 0 Å². The van der Waals surface area contributed by atoms with E-state index in [2.05, 4.69) is 10.2 Å². The summed E-state index contributed by atoms with van der Waals surface area (Å²) in [6.45, 7) is 5.09. The van der Waals surface area contributed by atoms with Gasteiger partial charge in [-0.05, 0) is 31.5 Å². The zero-order valence-electron chi connectivity index (χ0n) is 10.2. The first-order valence-electron chi connectivity index (χ1n) is 5.73. The van der Waals surface area contributed by atoms with Gasteiger partial charge >= 0.3 is 0 Å². The number of nitrogens with two attached hydrogens (primary N) is 1. The van der Waals surface area contributed by atoms with Crippen molar-refractivity contribution < 1.29 is 4.74 Å². The number of aryl methyl sites for hydroxylation is 1. The quantitative estimate of drug-likeness (QED) is 0.848. The van der Waals surface area contributed by atoms with E-state index in [4.69, 9.17) is 10.5 Å². The second kappa shape index (κ2) is 5.01. The fourth-order valence-corrected chi connectivity index (χ4v) is 1.89. The van der Waals surface area contributed by atoms with Crippen molar-refractivity contribution >= 4 is 0 Å². The van der Waals surface area contributed by atoms with Gasteiger partial charge < -0.3 is 10.5 Å². The largest absolute Gasteiger partial charge is 0.494 e. The van der Waals surface area contributed by atoms with Crippen molar-refractivity contribution in [1.82, 2.24) is 10.2 Å². The molecule has 0 fully saturated rings. The Morgan fingerprint density at radius 2 is 2.00 bits per heavy atom. The predicted molar refractivity (Wildman–Crippen MR) is 67.8 cm³/mol. The number of nitrogens with one attached hydrogen (secondary N) is 1. The van der Waals surface area contributed by atoms with Crippen LogP contribution < -0.4 is 10.5 Å². The molecule has 0 atom stereocenters. The molecular formula is C13H17N3O. The molecule has 0 spiro atoms. The molecule has 0 amide bonds. The van der Waals surface area contributed by atoms with Crippen molar-refractivity contribution in [3.8, 4) is 16.9 Å². The summed E-state index contributed by atoms with van der Waals surface area (Å²) < 4.78 is 5.42. The molecule has 0 aliphatic heterocycles. The van der Waals surface area contributed by atoms with Gasteiger partial charge in [0.2, 0.25) is 0 Å². The van der Waals surface area contributed by atoms with Gasteiger partial charge in [-0.15, -0.1) is 0 Å². The third kappa shape index (κ3) is 2.31. The molecule has 0 unspecified atom stereocenters. The zero-order valence-corrected chi connectivity index (χ0v) is 10.2. The van der Waals surface area contributed by atoms with Gasteiger partial charge in [0.05, 0.1) is 12.3 Å². The van der Waals surface area contributed by atoms with Crippen LogP contribution in [0, 0.1) is 6.92 Å². The number of benzene rings is 1. The van der Waals surface area contributed by atoms with Crippen LogP contribution in [0.1, 0.15) is 18.3 Å². The minimum absolute atomic E-state index is 0.437. The Bertz CT molecular complexity index is 488. The summed E-state index contributed by atoms with van der Waals surface area (Å²) >= 11 is 0. The maximum absolute atomic E-state index is 5.67. The molecule has 1 aromatic heterocycles. The SMILES string of the molecule is CCOc1ccc(-c2c(CN)n[nH]c2C)cc1. The average Bonchev–Trinajstić information content (AvgIpc) is 2.72. The Morgan fingerprint density at radius 3 is 2.59 bits per heavy atom. The van der Waals surface area contributed by atoms with Crippen LogP contribution in [0.2, 0.25) is 0 Å². The van der Waals surface area contributed by atoms with Crippen molar-refractivity contribution in [3.05, 3.63) is 35.7 Å². The highest BCUT2D eigenvalue weighted by atomic mass is 16.5. The molecule has 1 aromatic carbocycles. The van der Waals surface area contributed by atoms with Crippen molar-refractivity contribution in [2.45, 2.75) is 20.4 Å². The van der Waals surface area contributed by atoms with E-state index in [1.165, 1.54) is 0 Å². The molecule has 0 radical (unpaired) electrons. The third-order valence-electron chi connectivity index (χ3n) is 2.67. The van der Waals surface area contributed by atoms with E-state index in [9.17, 15) is 0 Å². The lowest BCUT2D eigenvalue weighted by Gasteiger charge is -2.05. The summed E-state index contributed by atoms with van der Waals surface area (Å²) in [5, 5.41) is 7.15. The average molecular weight is 231 g/mol. The van der Waals surface area contributed by atoms with Gasteiger partial charge in [0, 0.05) is 17.8 Å². The maximum atomic E-state index is 5.67. The van der Waals surface area contributed by atoms with Gasteiger partial charge in [-0.3, -0.25) is 5.10 Å². The molecule has 4 heteroatoms. The van der Waals surface area contributed by atoms with E-state index < -0.39 is 0 Å². The van der Waals surface area contributed by atoms with Crippen LogP contribution in [0.3, 0.4) is 0 Å². The lowest BCUT2D eigenvalue weighted by molar-refractivity contribution is 0.340. The van der Waals surface area contributed by atoms with E-state index in [1.54, 1.807) is 0 Å². The highest BCUT2D eigenvalue weighted by Gasteiger charge is 2.10. The van der Waals surface area contributed by atoms with Crippen LogP contribution in [-0.2, 0) is 6.54 Å². The molecule has 90 valence electrons. The van der Waals surface area contributed by atoms with E-state index in [0.29, 0.717) is 13.2 Å². The molecule has 3 N–H and O–H groups in total. The maximum Gasteiger partial charge on any atom is 0.119 e. The van der Waals surface area contributed by atoms with Crippen LogP contribution in [0.5, 0.6) is 5.75 Å². The number of H-pyrrole nitrogens is 1. The minimum Gasteiger partial charge on any atom is -0.494 e. The second-order valence-corrected chi connectivity index (χ2v) is 3.83. The summed E-state index contributed by atoms with van der Waals surface area (Å²) in [5.74, 6) is 0.881. The van der Waals surface area contributed by atoms with Gasteiger partial charge in [-0.1, -0.05) is 12.1 Å². The summed E-state index contributed by atoms with van der Waals surface area (Å²) in [7, 11) is 0. The van der Waals surface area contributed by atoms with E-state index >= 15 is 0 Å². The van der Waals surface area contributed by atoms with Crippen LogP contribution in [0.4, 0.5) is 0 Å². The first kappa shape index (κ1) is 11.7. The van der Waals surface area contributed by atoms with E-state index in [1.807, 2.05) is 38.1 Å². The number of hydrogen-bond acceptors (Lipinski definition) is 3. The lowest BCUT2D eigenvalue weighted by Crippen LogP contribution is -1.98. The fraction of sp³-hybridized carbons (Fsp3) is 0.308. The standard InChI is InChI=1S/C13H17N3O/c1-3-17-11-6-4-10(5-7-11)13-9(2)15-16-12(13)8-14/h4-7H,3,8,14H2,1-2H3,(H,15,16). The van der Waals surface area contributed by atoms with Crippen LogP contribution in [-0.4, -0.2) is 16.8 Å². The van der Waals surface area contributed by atoms with Gasteiger partial charge in [-0.2, -0.15) is 5.10 Å². The summed E-state index contributed by atoms with van der Waals surface area (Å²) in [6.07, 6.45) is 0. The molecule has 2 rings (SSSR count). The monoisotopic (exact) mass is 231 g/mol. The Hall–Kier alpha value is -1.81. The van der Waals surface area contributed by atoms with Crippen LogP contribution in [0.25, 0.3) is 11.1 Å². The number of nitrogens with zero attached hydrogens (tertiary/aromatic N) is 1. The zero-order chi connectivity index (χ0) is 12.3. The highest BCUT2D eigenvalue weighted by molar-refractivity contribution is 5.69. The molecule has 0 saturated heterocycles. The molecule has 17 heavy (non-hydrogen) atoms. The first-order chi connectivity index (χ1) is 8.26. The Kier molecular flexibility index (Phi) is 3.44. The highest BCUT2D eigenvalue weighted by Crippen LogP contribution is 2.27. The smallest absolute Gasteiger partial charge is 0.119 e. The summed E-state index contributed by atoms with van der Waals surface area (Å²) in [6, 6.07) is 7.99. The van der Waals surface area contributed by atoms with Gasteiger partial charge in [0.15, 0.2) is 0 Å². The number of aromatic nitrogens is 2. The molecule has 2 aromatic rings. The van der Waals surface area contributed by atoms with Gasteiger partial charge in [-0.25, -0.2) is 0 Å². The lowest BCUT2D eigenvalue weighted by atomic mass is 10.0. The summed E-state index contributed by atoms with van der Waals surface area (Å²) in [4.78, 5) is 0. The summed E-state index contributed by atoms with van der Waals surface area (Å²) in [5.41, 5.74) is 9.81. The van der Waals surface area contributed by atoms with Crippen molar-refractivity contribution in [2.75, 3.05) is 6.61 Å². The third-order valence-corrected chi connectivity index (χ3v) is 2.67. The molecule has 1 heterocycles. The molecular weight excluding hydrogens is 214 g/mol. The van der Waals surface area contributed by atoms with Crippen molar-refractivity contribution in [2.24, 2.45) is 5.73 Å². The number of ether oxygens (including phenoxy) is 1. The first-order valence-corrected chi connectivity index (χ1v) is 5.73. The van der Waals surface area contributed by atoms with Gasteiger partial charge in [0.1, 0.15) is 5.75 Å². The Balaban J connectivity index is 2.36. The molecule has 0 aliphatic rings. The Morgan fingerprint density at radius 1 is 1.29 bits per heavy atom. The number of hydrogen-bond donors (Lipinski definition) is 2. The van der Waals surface area contributed by atoms with Crippen molar-refractivity contribution in [1.29, 1.82) is 0 Å². The molecule has 0 aliphatic carbocycles. The van der Waals surface area contributed by atoms with Crippen LogP contribution in [0.15, 0.2) is 24.3 Å².